The first-order valence-corrected chi connectivity index (χ1v) is 3.72. The van der Waals surface area contributed by atoms with Crippen LogP contribution < -0.4 is 5.73 Å². The molecule has 0 atom stereocenters. The molecule has 2 rings (SSSR count). The van der Waals surface area contributed by atoms with E-state index in [0.717, 1.165) is 17.1 Å². The van der Waals surface area contributed by atoms with Gasteiger partial charge in [0, 0.05) is 11.8 Å². The molecule has 2 aromatic rings. The quantitative estimate of drug-likeness (QED) is 0.591. The van der Waals surface area contributed by atoms with E-state index >= 15 is 0 Å². The van der Waals surface area contributed by atoms with Gasteiger partial charge in [-0.25, -0.2) is 0 Å². The van der Waals surface area contributed by atoms with E-state index in [0.29, 0.717) is 5.82 Å². The van der Waals surface area contributed by atoms with Crippen LogP contribution in [0.1, 0.15) is 5.69 Å². The third kappa shape index (κ3) is 1.07. The van der Waals surface area contributed by atoms with Gasteiger partial charge in [-0.3, -0.25) is 5.10 Å². The maximum absolute atomic E-state index is 5.47. The smallest absolute Gasteiger partial charge is 0.145 e. The number of anilines is 1. The second-order valence-corrected chi connectivity index (χ2v) is 2.76. The zero-order valence-corrected chi connectivity index (χ0v) is 6.76. The summed E-state index contributed by atoms with van der Waals surface area (Å²) in [5.74, 6) is 0.511. The summed E-state index contributed by atoms with van der Waals surface area (Å²) in [5.41, 5.74) is 8.52. The minimum absolute atomic E-state index is 0.511. The number of aromatic nitrogens is 3. The van der Waals surface area contributed by atoms with Crippen molar-refractivity contribution in [1.82, 2.24) is 15.2 Å². The second-order valence-electron chi connectivity index (χ2n) is 2.76. The molecule has 0 radical (unpaired) electrons. The number of hydrogen-bond acceptors (Lipinski definition) is 2. The van der Waals surface area contributed by atoms with Crippen LogP contribution in [0.2, 0.25) is 0 Å². The minimum Gasteiger partial charge on any atom is -0.382 e. The normalized spacial score (nSPS) is 10.4. The average Bonchev–Trinajstić information content (AvgIpc) is 2.58. The highest BCUT2D eigenvalue weighted by Crippen LogP contribution is 2.16. The number of hydrogen-bond donors (Lipinski definition) is 3. The fourth-order valence-corrected chi connectivity index (χ4v) is 1.14. The Morgan fingerprint density at radius 1 is 1.33 bits per heavy atom. The maximum atomic E-state index is 5.47. The van der Waals surface area contributed by atoms with Gasteiger partial charge in [-0.2, -0.15) is 5.10 Å². The van der Waals surface area contributed by atoms with Crippen LogP contribution in [0, 0.1) is 6.92 Å². The van der Waals surface area contributed by atoms with Crippen molar-refractivity contribution < 1.29 is 0 Å². The summed E-state index contributed by atoms with van der Waals surface area (Å²) in [5, 5.41) is 6.66. The maximum Gasteiger partial charge on any atom is 0.145 e. The van der Waals surface area contributed by atoms with Gasteiger partial charge < -0.3 is 10.7 Å². The Hall–Kier alpha value is -1.71. The van der Waals surface area contributed by atoms with Gasteiger partial charge in [-0.1, -0.05) is 0 Å². The third-order valence-electron chi connectivity index (χ3n) is 1.72. The van der Waals surface area contributed by atoms with Crippen LogP contribution >= 0.6 is 0 Å². The first-order valence-electron chi connectivity index (χ1n) is 3.72. The SMILES string of the molecule is Cc1ccc(-c2cc(N)n[nH]2)[nH]1. The zero-order valence-electron chi connectivity index (χ0n) is 6.76. The van der Waals surface area contributed by atoms with E-state index in [1.807, 2.05) is 19.1 Å². The van der Waals surface area contributed by atoms with E-state index in [4.69, 9.17) is 5.73 Å². The number of nitrogen functional groups attached to an aromatic ring is 1. The van der Waals surface area contributed by atoms with Gasteiger partial charge in [0.2, 0.25) is 0 Å². The Morgan fingerprint density at radius 2 is 2.17 bits per heavy atom. The second kappa shape index (κ2) is 2.41. The van der Waals surface area contributed by atoms with Gasteiger partial charge in [-0.15, -0.1) is 0 Å². The molecule has 0 amide bonds. The number of nitrogens with one attached hydrogen (secondary N) is 2. The molecule has 62 valence electrons. The molecule has 2 aromatic heterocycles. The Morgan fingerprint density at radius 3 is 2.67 bits per heavy atom. The van der Waals surface area contributed by atoms with Gasteiger partial charge in [-0.05, 0) is 19.1 Å². The first-order chi connectivity index (χ1) is 5.75. The van der Waals surface area contributed by atoms with Crippen molar-refractivity contribution in [3.63, 3.8) is 0 Å². The third-order valence-corrected chi connectivity index (χ3v) is 1.72. The minimum atomic E-state index is 0.511. The molecule has 0 saturated carbocycles. The molecule has 0 unspecified atom stereocenters. The van der Waals surface area contributed by atoms with Crippen molar-refractivity contribution in [2.45, 2.75) is 6.92 Å². The lowest BCUT2D eigenvalue weighted by molar-refractivity contribution is 1.09. The molecule has 0 bridgehead atoms. The van der Waals surface area contributed by atoms with E-state index in [2.05, 4.69) is 15.2 Å². The summed E-state index contributed by atoms with van der Waals surface area (Å²) in [6.07, 6.45) is 0. The number of nitrogens with zero attached hydrogens (tertiary/aromatic N) is 1. The van der Waals surface area contributed by atoms with E-state index in [-0.39, 0.29) is 0 Å². The molecular formula is C8H10N4. The summed E-state index contributed by atoms with van der Waals surface area (Å²) >= 11 is 0. The highest BCUT2D eigenvalue weighted by atomic mass is 15.2. The molecule has 4 N–H and O–H groups in total. The summed E-state index contributed by atoms with van der Waals surface area (Å²) in [7, 11) is 0. The summed E-state index contributed by atoms with van der Waals surface area (Å²) < 4.78 is 0. The van der Waals surface area contributed by atoms with Crippen molar-refractivity contribution in [2.75, 3.05) is 5.73 Å². The van der Waals surface area contributed by atoms with Crippen molar-refractivity contribution in [3.8, 4) is 11.4 Å². The molecule has 12 heavy (non-hydrogen) atoms. The molecule has 2 heterocycles. The highest BCUT2D eigenvalue weighted by Gasteiger charge is 2.01. The number of H-pyrrole nitrogens is 2. The number of rotatable bonds is 1. The van der Waals surface area contributed by atoms with Gasteiger partial charge in [0.25, 0.3) is 0 Å². The predicted molar refractivity (Wildman–Crippen MR) is 47.5 cm³/mol. The molecule has 0 spiro atoms. The van der Waals surface area contributed by atoms with Crippen molar-refractivity contribution in [2.24, 2.45) is 0 Å². The first kappa shape index (κ1) is 6.97. The lowest BCUT2D eigenvalue weighted by Gasteiger charge is -1.88. The lowest BCUT2D eigenvalue weighted by atomic mass is 10.3. The molecule has 4 nitrogen and oxygen atoms in total. The van der Waals surface area contributed by atoms with Gasteiger partial charge in [0.15, 0.2) is 0 Å². The number of aryl methyl sites for hydroxylation is 1. The average molecular weight is 162 g/mol. The number of nitrogens with two attached hydrogens (primary N) is 1. The van der Waals surface area contributed by atoms with Gasteiger partial charge in [0.1, 0.15) is 5.82 Å². The fraction of sp³-hybridized carbons (Fsp3) is 0.125. The summed E-state index contributed by atoms with van der Waals surface area (Å²) in [4.78, 5) is 3.18. The monoisotopic (exact) mass is 162 g/mol. The van der Waals surface area contributed by atoms with Crippen LogP contribution in [-0.4, -0.2) is 15.2 Å². The van der Waals surface area contributed by atoms with Crippen LogP contribution in [0.5, 0.6) is 0 Å². The number of aromatic amines is 2. The van der Waals surface area contributed by atoms with Crippen LogP contribution in [0.15, 0.2) is 18.2 Å². The molecule has 0 aliphatic carbocycles. The highest BCUT2D eigenvalue weighted by molar-refractivity contribution is 5.58. The molecule has 4 heteroatoms. The van der Waals surface area contributed by atoms with E-state index in [1.165, 1.54) is 0 Å². The standard InChI is InChI=1S/C8H10N4/c1-5-2-3-6(10-5)7-4-8(9)12-11-7/h2-4,10H,1H3,(H3,9,11,12). The van der Waals surface area contributed by atoms with Crippen LogP contribution in [0.25, 0.3) is 11.4 Å². The Bertz CT molecular complexity index is 347. The van der Waals surface area contributed by atoms with Crippen LogP contribution in [0.3, 0.4) is 0 Å². The molecule has 0 aliphatic rings. The largest absolute Gasteiger partial charge is 0.382 e. The van der Waals surface area contributed by atoms with Gasteiger partial charge in [0.05, 0.1) is 11.4 Å². The Kier molecular flexibility index (Phi) is 1.40. The lowest BCUT2D eigenvalue weighted by Crippen LogP contribution is -1.81. The Labute approximate surface area is 69.8 Å². The molecule has 0 fully saturated rings. The summed E-state index contributed by atoms with van der Waals surface area (Å²) in [6.45, 7) is 2.00. The Balaban J connectivity index is 2.43. The van der Waals surface area contributed by atoms with E-state index in [1.54, 1.807) is 6.07 Å². The van der Waals surface area contributed by atoms with Crippen molar-refractivity contribution >= 4 is 5.82 Å². The van der Waals surface area contributed by atoms with Crippen molar-refractivity contribution in [1.29, 1.82) is 0 Å². The summed E-state index contributed by atoms with van der Waals surface area (Å²) in [6, 6.07) is 5.79. The molecule has 0 aliphatic heterocycles. The molecular weight excluding hydrogens is 152 g/mol. The predicted octanol–water partition coefficient (Wildman–Crippen LogP) is 1.30. The zero-order chi connectivity index (χ0) is 8.55. The van der Waals surface area contributed by atoms with E-state index in [9.17, 15) is 0 Å². The molecule has 0 aromatic carbocycles. The topological polar surface area (TPSA) is 70.5 Å². The van der Waals surface area contributed by atoms with Gasteiger partial charge >= 0.3 is 0 Å². The van der Waals surface area contributed by atoms with Crippen LogP contribution in [0.4, 0.5) is 5.82 Å². The van der Waals surface area contributed by atoms with E-state index < -0.39 is 0 Å². The van der Waals surface area contributed by atoms with Crippen molar-refractivity contribution in [3.05, 3.63) is 23.9 Å². The molecule has 0 saturated heterocycles. The fourth-order valence-electron chi connectivity index (χ4n) is 1.14. The van der Waals surface area contributed by atoms with Crippen LogP contribution in [-0.2, 0) is 0 Å².